The molecular weight excluding hydrogens is 332 g/mol. The van der Waals surface area contributed by atoms with Gasteiger partial charge in [-0.1, -0.05) is 0 Å². The first-order chi connectivity index (χ1) is 7.69. The Morgan fingerprint density at radius 2 is 2.25 bits per heavy atom. The highest BCUT2D eigenvalue weighted by atomic mass is 79.9. The highest BCUT2D eigenvalue weighted by molar-refractivity contribution is 9.11. The summed E-state index contributed by atoms with van der Waals surface area (Å²) in [7, 11) is 1.94. The molecule has 1 aromatic heterocycles. The van der Waals surface area contributed by atoms with E-state index in [1.807, 2.05) is 26.2 Å². The molecule has 1 N–H and O–H groups in total. The van der Waals surface area contributed by atoms with Crippen LogP contribution in [0.25, 0.3) is 0 Å². The van der Waals surface area contributed by atoms with Gasteiger partial charge < -0.3 is 5.32 Å². The molecule has 1 aromatic rings. The van der Waals surface area contributed by atoms with Gasteiger partial charge in [0, 0.05) is 21.6 Å². The summed E-state index contributed by atoms with van der Waals surface area (Å²) in [6.07, 6.45) is 3.66. The molecule has 0 bridgehead atoms. The molecule has 0 aromatic carbocycles. The molecule has 86 valence electrons. The first-order valence-corrected chi connectivity index (χ1v) is 6.65. The second-order valence-electron chi connectivity index (χ2n) is 3.33. The van der Waals surface area contributed by atoms with Crippen molar-refractivity contribution in [3.63, 3.8) is 0 Å². The second-order valence-corrected chi connectivity index (χ2v) is 5.10. The Balaban J connectivity index is 2.80. The maximum Gasteiger partial charge on any atom is 0.0715 e. The molecule has 0 spiro atoms. The summed E-state index contributed by atoms with van der Waals surface area (Å²) >= 11 is 6.92. The maximum atomic E-state index is 4.42. The second kappa shape index (κ2) is 7.05. The SMILES string of the molecule is CC#CCCC(NC)c1ncc(Br)cc1Br. The largest absolute Gasteiger partial charge is 0.312 e. The molecule has 1 heterocycles. The van der Waals surface area contributed by atoms with Crippen LogP contribution in [0.3, 0.4) is 0 Å². The van der Waals surface area contributed by atoms with E-state index in [1.165, 1.54) is 0 Å². The van der Waals surface area contributed by atoms with Crippen molar-refractivity contribution in [2.75, 3.05) is 7.05 Å². The number of hydrogen-bond acceptors (Lipinski definition) is 2. The van der Waals surface area contributed by atoms with Crippen molar-refractivity contribution in [3.05, 3.63) is 26.9 Å². The van der Waals surface area contributed by atoms with Crippen molar-refractivity contribution in [2.24, 2.45) is 0 Å². The van der Waals surface area contributed by atoms with Crippen molar-refractivity contribution in [3.8, 4) is 11.8 Å². The van der Waals surface area contributed by atoms with Crippen molar-refractivity contribution in [2.45, 2.75) is 25.8 Å². The van der Waals surface area contributed by atoms with Gasteiger partial charge in [-0.3, -0.25) is 4.98 Å². The maximum absolute atomic E-state index is 4.42. The third-order valence-electron chi connectivity index (χ3n) is 2.25. The minimum atomic E-state index is 0.239. The van der Waals surface area contributed by atoms with Crippen LogP contribution >= 0.6 is 31.9 Å². The van der Waals surface area contributed by atoms with Crippen molar-refractivity contribution < 1.29 is 0 Å². The fourth-order valence-corrected chi connectivity index (χ4v) is 2.70. The highest BCUT2D eigenvalue weighted by Crippen LogP contribution is 2.26. The van der Waals surface area contributed by atoms with Gasteiger partial charge >= 0.3 is 0 Å². The zero-order valence-corrected chi connectivity index (χ0v) is 12.5. The third-order valence-corrected chi connectivity index (χ3v) is 3.32. The third kappa shape index (κ3) is 3.89. The number of nitrogens with zero attached hydrogens (tertiary/aromatic N) is 1. The van der Waals surface area contributed by atoms with E-state index in [-0.39, 0.29) is 6.04 Å². The standard InChI is InChI=1S/C12H14Br2N2/c1-3-4-5-6-11(15-2)12-10(14)7-9(13)8-16-12/h7-8,11,15H,5-6H2,1-2H3. The Kier molecular flexibility index (Phi) is 6.04. The molecule has 1 atom stereocenters. The van der Waals surface area contributed by atoms with Gasteiger partial charge in [-0.05, 0) is 58.3 Å². The average Bonchev–Trinajstić information content (AvgIpc) is 2.26. The lowest BCUT2D eigenvalue weighted by atomic mass is 10.1. The van der Waals surface area contributed by atoms with E-state index in [9.17, 15) is 0 Å². The van der Waals surface area contributed by atoms with Crippen molar-refractivity contribution >= 4 is 31.9 Å². The molecule has 0 amide bonds. The number of aromatic nitrogens is 1. The fraction of sp³-hybridized carbons (Fsp3) is 0.417. The van der Waals surface area contributed by atoms with Crippen LogP contribution in [0.5, 0.6) is 0 Å². The van der Waals surface area contributed by atoms with Crippen molar-refractivity contribution in [1.29, 1.82) is 0 Å². The molecule has 1 rings (SSSR count). The van der Waals surface area contributed by atoms with Crippen LogP contribution in [-0.2, 0) is 0 Å². The van der Waals surface area contributed by atoms with Crippen LogP contribution < -0.4 is 5.32 Å². The van der Waals surface area contributed by atoms with Gasteiger partial charge in [0.25, 0.3) is 0 Å². The van der Waals surface area contributed by atoms with Gasteiger partial charge in [0.1, 0.15) is 0 Å². The van der Waals surface area contributed by atoms with Crippen LogP contribution in [0, 0.1) is 11.8 Å². The van der Waals surface area contributed by atoms with E-state index in [1.54, 1.807) is 0 Å². The van der Waals surface area contributed by atoms with Crippen LogP contribution in [-0.4, -0.2) is 12.0 Å². The van der Waals surface area contributed by atoms with Crippen LogP contribution in [0.15, 0.2) is 21.2 Å². The summed E-state index contributed by atoms with van der Waals surface area (Å²) in [6.45, 7) is 1.86. The summed E-state index contributed by atoms with van der Waals surface area (Å²) in [4.78, 5) is 4.42. The lowest BCUT2D eigenvalue weighted by Gasteiger charge is -2.15. The molecule has 0 saturated heterocycles. The number of pyridine rings is 1. The predicted octanol–water partition coefficient (Wildman–Crippen LogP) is 3.67. The Hall–Kier alpha value is -0.370. The van der Waals surface area contributed by atoms with E-state index in [0.717, 1.165) is 27.5 Å². The van der Waals surface area contributed by atoms with E-state index in [4.69, 9.17) is 0 Å². The van der Waals surface area contributed by atoms with Gasteiger partial charge in [0.15, 0.2) is 0 Å². The topological polar surface area (TPSA) is 24.9 Å². The monoisotopic (exact) mass is 344 g/mol. The Morgan fingerprint density at radius 1 is 1.50 bits per heavy atom. The quantitative estimate of drug-likeness (QED) is 0.842. The highest BCUT2D eigenvalue weighted by Gasteiger charge is 2.13. The summed E-state index contributed by atoms with van der Waals surface area (Å²) in [6, 6.07) is 2.25. The molecule has 0 saturated carbocycles. The molecule has 1 unspecified atom stereocenters. The molecule has 2 nitrogen and oxygen atoms in total. The molecule has 16 heavy (non-hydrogen) atoms. The minimum absolute atomic E-state index is 0.239. The predicted molar refractivity (Wildman–Crippen MR) is 74.1 cm³/mol. The van der Waals surface area contributed by atoms with E-state index in [0.29, 0.717) is 0 Å². The molecule has 0 fully saturated rings. The first kappa shape index (κ1) is 13.7. The zero-order valence-electron chi connectivity index (χ0n) is 9.35. The van der Waals surface area contributed by atoms with Crippen molar-refractivity contribution in [1.82, 2.24) is 10.3 Å². The summed E-state index contributed by atoms with van der Waals surface area (Å²) < 4.78 is 2.00. The van der Waals surface area contributed by atoms with Gasteiger partial charge in [-0.15, -0.1) is 11.8 Å². The fourth-order valence-electron chi connectivity index (χ4n) is 1.44. The first-order valence-electron chi connectivity index (χ1n) is 5.06. The van der Waals surface area contributed by atoms with Crippen LogP contribution in [0.4, 0.5) is 0 Å². The number of halogens is 2. The molecule has 0 aliphatic heterocycles. The number of rotatable bonds is 4. The normalized spacial score (nSPS) is 11.8. The van der Waals surface area contributed by atoms with E-state index in [2.05, 4.69) is 54.0 Å². The molecule has 0 radical (unpaired) electrons. The Morgan fingerprint density at radius 3 is 2.81 bits per heavy atom. The molecular formula is C12H14Br2N2. The van der Waals surface area contributed by atoms with E-state index >= 15 is 0 Å². The zero-order chi connectivity index (χ0) is 12.0. The van der Waals surface area contributed by atoms with Gasteiger partial charge in [0.05, 0.1) is 11.7 Å². The Labute approximate surface area is 113 Å². The molecule has 0 aliphatic carbocycles. The smallest absolute Gasteiger partial charge is 0.0715 e. The lowest BCUT2D eigenvalue weighted by Crippen LogP contribution is -2.18. The van der Waals surface area contributed by atoms with Gasteiger partial charge in [0.2, 0.25) is 0 Å². The number of hydrogen-bond donors (Lipinski definition) is 1. The van der Waals surface area contributed by atoms with Crippen LogP contribution in [0.2, 0.25) is 0 Å². The molecule has 4 heteroatoms. The lowest BCUT2D eigenvalue weighted by molar-refractivity contribution is 0.541. The summed E-state index contributed by atoms with van der Waals surface area (Å²) in [5.41, 5.74) is 1.03. The van der Waals surface area contributed by atoms with Gasteiger partial charge in [-0.25, -0.2) is 0 Å². The molecule has 0 aliphatic rings. The minimum Gasteiger partial charge on any atom is -0.312 e. The van der Waals surface area contributed by atoms with Gasteiger partial charge in [-0.2, -0.15) is 0 Å². The average molecular weight is 346 g/mol. The Bertz CT molecular complexity index is 407. The van der Waals surface area contributed by atoms with Crippen LogP contribution in [0.1, 0.15) is 31.5 Å². The summed E-state index contributed by atoms with van der Waals surface area (Å²) in [5, 5.41) is 3.26. The van der Waals surface area contributed by atoms with E-state index < -0.39 is 0 Å². The number of nitrogens with one attached hydrogen (secondary N) is 1. The summed E-state index contributed by atoms with van der Waals surface area (Å²) in [5.74, 6) is 5.98.